The third-order valence-electron chi connectivity index (χ3n) is 3.67. The molecule has 0 spiro atoms. The fourth-order valence-corrected chi connectivity index (χ4v) is 2.65. The average Bonchev–Trinajstić information content (AvgIpc) is 2.40. The van der Waals surface area contributed by atoms with E-state index in [1.807, 2.05) is 0 Å². The van der Waals surface area contributed by atoms with Crippen LogP contribution in [0.2, 0.25) is 0 Å². The zero-order chi connectivity index (χ0) is 13.0. The molecule has 0 aliphatic carbocycles. The Kier molecular flexibility index (Phi) is 4.75. The molecular weight excluding hydrogens is 224 g/mol. The first kappa shape index (κ1) is 13.5. The van der Waals surface area contributed by atoms with E-state index in [1.54, 1.807) is 0 Å². The lowest BCUT2D eigenvalue weighted by Crippen LogP contribution is -2.45. The smallest absolute Gasteiger partial charge is 0.0594 e. The largest absolute Gasteiger partial charge is 0.379 e. The third-order valence-corrected chi connectivity index (χ3v) is 3.67. The maximum atomic E-state index is 6.19. The average molecular weight is 248 g/mol. The maximum absolute atomic E-state index is 6.19. The second-order valence-corrected chi connectivity index (χ2v) is 5.05. The summed E-state index contributed by atoms with van der Waals surface area (Å²) in [6.45, 7) is 7.85. The van der Waals surface area contributed by atoms with Gasteiger partial charge in [0.25, 0.3) is 0 Å². The molecule has 3 heteroatoms. The molecule has 1 aliphatic rings. The minimum atomic E-state index is 0.135. The van der Waals surface area contributed by atoms with Crippen molar-refractivity contribution in [2.45, 2.75) is 32.4 Å². The van der Waals surface area contributed by atoms with Crippen LogP contribution in [0.25, 0.3) is 0 Å². The van der Waals surface area contributed by atoms with E-state index in [9.17, 15) is 0 Å². The number of hydrogen-bond acceptors (Lipinski definition) is 3. The van der Waals surface area contributed by atoms with Gasteiger partial charge in [-0.3, -0.25) is 4.90 Å². The SMILES string of the molecule is CCc1ccc(C(C(C)N)N2CCOCC2)cc1. The van der Waals surface area contributed by atoms with Crippen LogP contribution in [0.5, 0.6) is 0 Å². The quantitative estimate of drug-likeness (QED) is 0.885. The number of hydrogen-bond donors (Lipinski definition) is 1. The van der Waals surface area contributed by atoms with Gasteiger partial charge < -0.3 is 10.5 Å². The molecule has 100 valence electrons. The molecule has 3 nitrogen and oxygen atoms in total. The van der Waals surface area contributed by atoms with Crippen molar-refractivity contribution in [1.29, 1.82) is 0 Å². The van der Waals surface area contributed by atoms with Crippen molar-refractivity contribution in [3.8, 4) is 0 Å². The van der Waals surface area contributed by atoms with Crippen LogP contribution in [0.4, 0.5) is 0 Å². The molecule has 1 aromatic carbocycles. The van der Waals surface area contributed by atoms with Crippen molar-refractivity contribution in [1.82, 2.24) is 4.90 Å². The van der Waals surface area contributed by atoms with Crippen LogP contribution < -0.4 is 5.73 Å². The van der Waals surface area contributed by atoms with Gasteiger partial charge >= 0.3 is 0 Å². The summed E-state index contributed by atoms with van der Waals surface area (Å²) in [6, 6.07) is 9.32. The summed E-state index contributed by atoms with van der Waals surface area (Å²) >= 11 is 0. The fourth-order valence-electron chi connectivity index (χ4n) is 2.65. The van der Waals surface area contributed by atoms with E-state index in [2.05, 4.69) is 43.0 Å². The van der Waals surface area contributed by atoms with Crippen LogP contribution in [-0.2, 0) is 11.2 Å². The number of benzene rings is 1. The van der Waals surface area contributed by atoms with Crippen LogP contribution >= 0.6 is 0 Å². The molecule has 2 N–H and O–H groups in total. The first-order valence-electron chi connectivity index (χ1n) is 6.88. The summed E-state index contributed by atoms with van der Waals surface area (Å²) in [6.07, 6.45) is 1.08. The minimum absolute atomic E-state index is 0.135. The minimum Gasteiger partial charge on any atom is -0.379 e. The molecule has 1 heterocycles. The van der Waals surface area contributed by atoms with E-state index in [4.69, 9.17) is 10.5 Å². The van der Waals surface area contributed by atoms with E-state index in [-0.39, 0.29) is 6.04 Å². The highest BCUT2D eigenvalue weighted by Gasteiger charge is 2.25. The zero-order valence-electron chi connectivity index (χ0n) is 11.4. The van der Waals surface area contributed by atoms with Gasteiger partial charge in [-0.1, -0.05) is 31.2 Å². The van der Waals surface area contributed by atoms with Gasteiger partial charge in [-0.2, -0.15) is 0 Å². The molecule has 2 atom stereocenters. The van der Waals surface area contributed by atoms with Crippen molar-refractivity contribution in [3.05, 3.63) is 35.4 Å². The Labute approximate surface area is 110 Å². The first-order valence-corrected chi connectivity index (χ1v) is 6.88. The molecule has 0 saturated carbocycles. The summed E-state index contributed by atoms with van der Waals surface area (Å²) in [5.74, 6) is 0. The Bertz CT molecular complexity index is 355. The molecule has 1 fully saturated rings. The van der Waals surface area contributed by atoms with E-state index in [0.717, 1.165) is 32.7 Å². The highest BCUT2D eigenvalue weighted by Crippen LogP contribution is 2.24. The fraction of sp³-hybridized carbons (Fsp3) is 0.600. The van der Waals surface area contributed by atoms with Crippen molar-refractivity contribution in [2.24, 2.45) is 5.73 Å². The lowest BCUT2D eigenvalue weighted by molar-refractivity contribution is 0.0116. The van der Waals surface area contributed by atoms with Crippen LogP contribution in [-0.4, -0.2) is 37.2 Å². The van der Waals surface area contributed by atoms with Gasteiger partial charge in [0, 0.05) is 25.2 Å². The standard InChI is InChI=1S/C15H24N2O/c1-3-13-4-6-14(7-5-13)15(12(2)16)17-8-10-18-11-9-17/h4-7,12,15H,3,8-11,16H2,1-2H3. The maximum Gasteiger partial charge on any atom is 0.0594 e. The molecule has 0 aromatic heterocycles. The van der Waals surface area contributed by atoms with Crippen LogP contribution in [0, 0.1) is 0 Å². The van der Waals surface area contributed by atoms with Gasteiger partial charge in [0.1, 0.15) is 0 Å². The highest BCUT2D eigenvalue weighted by molar-refractivity contribution is 5.26. The monoisotopic (exact) mass is 248 g/mol. The van der Waals surface area contributed by atoms with Gasteiger partial charge in [0.15, 0.2) is 0 Å². The van der Waals surface area contributed by atoms with E-state index >= 15 is 0 Å². The second-order valence-electron chi connectivity index (χ2n) is 5.05. The summed E-state index contributed by atoms with van der Waals surface area (Å²) in [4.78, 5) is 2.44. The van der Waals surface area contributed by atoms with E-state index < -0.39 is 0 Å². The summed E-state index contributed by atoms with van der Waals surface area (Å²) in [5.41, 5.74) is 8.89. The lowest BCUT2D eigenvalue weighted by Gasteiger charge is -2.37. The van der Waals surface area contributed by atoms with Crippen molar-refractivity contribution < 1.29 is 4.74 Å². The topological polar surface area (TPSA) is 38.5 Å². The normalized spacial score (nSPS) is 20.6. The van der Waals surface area contributed by atoms with Crippen LogP contribution in [0.15, 0.2) is 24.3 Å². The lowest BCUT2D eigenvalue weighted by atomic mass is 9.97. The summed E-state index contributed by atoms with van der Waals surface area (Å²) in [7, 11) is 0. The third kappa shape index (κ3) is 3.10. The van der Waals surface area contributed by atoms with Crippen molar-refractivity contribution in [3.63, 3.8) is 0 Å². The van der Waals surface area contributed by atoms with Gasteiger partial charge in [-0.25, -0.2) is 0 Å². The highest BCUT2D eigenvalue weighted by atomic mass is 16.5. The molecular formula is C15H24N2O. The van der Waals surface area contributed by atoms with Gasteiger partial charge in [0.05, 0.1) is 13.2 Å². The molecule has 1 aliphatic heterocycles. The number of nitrogens with two attached hydrogens (primary N) is 1. The van der Waals surface area contributed by atoms with Crippen molar-refractivity contribution in [2.75, 3.05) is 26.3 Å². The number of nitrogens with zero attached hydrogens (tertiary/aromatic N) is 1. The zero-order valence-corrected chi connectivity index (χ0v) is 11.4. The van der Waals surface area contributed by atoms with Gasteiger partial charge in [-0.05, 0) is 24.5 Å². The Morgan fingerprint density at radius 1 is 1.22 bits per heavy atom. The molecule has 0 amide bonds. The molecule has 18 heavy (non-hydrogen) atoms. The molecule has 1 saturated heterocycles. The molecule has 2 unspecified atom stereocenters. The van der Waals surface area contributed by atoms with Crippen LogP contribution in [0.1, 0.15) is 31.0 Å². The van der Waals surface area contributed by atoms with Crippen molar-refractivity contribution >= 4 is 0 Å². The number of rotatable bonds is 4. The molecule has 0 bridgehead atoms. The van der Waals surface area contributed by atoms with Crippen LogP contribution in [0.3, 0.4) is 0 Å². The molecule has 1 aromatic rings. The molecule has 2 rings (SSSR count). The van der Waals surface area contributed by atoms with Gasteiger partial charge in [0.2, 0.25) is 0 Å². The summed E-state index contributed by atoms with van der Waals surface area (Å²) < 4.78 is 5.42. The Balaban J connectivity index is 2.17. The summed E-state index contributed by atoms with van der Waals surface area (Å²) in [5, 5.41) is 0. The predicted octanol–water partition coefficient (Wildman–Crippen LogP) is 1.97. The van der Waals surface area contributed by atoms with E-state index in [1.165, 1.54) is 11.1 Å². The predicted molar refractivity (Wildman–Crippen MR) is 74.6 cm³/mol. The Hall–Kier alpha value is -0.900. The number of aryl methyl sites for hydroxylation is 1. The number of morpholine rings is 1. The Morgan fingerprint density at radius 2 is 1.83 bits per heavy atom. The molecule has 0 radical (unpaired) electrons. The van der Waals surface area contributed by atoms with E-state index in [0.29, 0.717) is 6.04 Å². The second kappa shape index (κ2) is 6.32. The number of ether oxygens (including phenoxy) is 1. The first-order chi connectivity index (χ1) is 8.72. The van der Waals surface area contributed by atoms with Gasteiger partial charge in [-0.15, -0.1) is 0 Å². The Morgan fingerprint density at radius 3 is 2.33 bits per heavy atom.